The van der Waals surface area contributed by atoms with Crippen LogP contribution in [0.2, 0.25) is 0 Å². The SMILES string of the molecule is Cc1c([N+](=O)[O-])cccc1S(=O)(=O)N(Cc1ccncc1)C1CC1. The Balaban J connectivity index is 2.01. The predicted octanol–water partition coefficient (Wildman–Crippen LogP) is 2.65. The van der Waals surface area contributed by atoms with Crippen LogP contribution in [0.3, 0.4) is 0 Å². The summed E-state index contributed by atoms with van der Waals surface area (Å²) < 4.78 is 27.6. The van der Waals surface area contributed by atoms with Crippen molar-refractivity contribution in [3.63, 3.8) is 0 Å². The summed E-state index contributed by atoms with van der Waals surface area (Å²) in [4.78, 5) is 14.5. The van der Waals surface area contributed by atoms with Crippen LogP contribution in [0.1, 0.15) is 24.0 Å². The molecule has 0 amide bonds. The number of pyridine rings is 1. The fourth-order valence-electron chi connectivity index (χ4n) is 2.65. The van der Waals surface area contributed by atoms with Crippen LogP contribution in [0.5, 0.6) is 0 Å². The van der Waals surface area contributed by atoms with E-state index in [0.717, 1.165) is 18.4 Å². The lowest BCUT2D eigenvalue weighted by atomic mass is 10.2. The van der Waals surface area contributed by atoms with E-state index in [2.05, 4.69) is 4.98 Å². The largest absolute Gasteiger partial charge is 0.273 e. The standard InChI is InChI=1S/C16H17N3O4S/c1-12-15(19(20)21)3-2-4-16(12)24(22,23)18(14-5-6-14)11-13-7-9-17-10-8-13/h2-4,7-10,14H,5-6,11H2,1H3. The number of benzene rings is 1. The second kappa shape index (κ2) is 6.29. The maximum Gasteiger partial charge on any atom is 0.273 e. The van der Waals surface area contributed by atoms with Crippen LogP contribution in [0.25, 0.3) is 0 Å². The third-order valence-corrected chi connectivity index (χ3v) is 6.12. The van der Waals surface area contributed by atoms with Crippen LogP contribution in [-0.4, -0.2) is 28.7 Å². The highest BCUT2D eigenvalue weighted by molar-refractivity contribution is 7.89. The molecule has 1 aromatic carbocycles. The molecule has 7 nitrogen and oxygen atoms in total. The second-order valence-electron chi connectivity index (χ2n) is 5.79. The lowest BCUT2D eigenvalue weighted by Gasteiger charge is -2.23. The second-order valence-corrected chi connectivity index (χ2v) is 7.65. The molecule has 0 saturated heterocycles. The lowest BCUT2D eigenvalue weighted by Crippen LogP contribution is -2.33. The molecule has 2 aromatic rings. The fourth-order valence-corrected chi connectivity index (χ4v) is 4.56. The van der Waals surface area contributed by atoms with Gasteiger partial charge in [0.25, 0.3) is 5.69 Å². The van der Waals surface area contributed by atoms with Gasteiger partial charge in [0.2, 0.25) is 10.0 Å². The molecule has 0 radical (unpaired) electrons. The van der Waals surface area contributed by atoms with E-state index in [1.807, 2.05) is 0 Å². The predicted molar refractivity (Wildman–Crippen MR) is 87.8 cm³/mol. The third-order valence-electron chi connectivity index (χ3n) is 4.08. The Morgan fingerprint density at radius 1 is 1.25 bits per heavy atom. The summed E-state index contributed by atoms with van der Waals surface area (Å²) in [5, 5.41) is 11.1. The first-order chi connectivity index (χ1) is 11.4. The first-order valence-corrected chi connectivity index (χ1v) is 9.00. The van der Waals surface area contributed by atoms with Crippen molar-refractivity contribution in [3.05, 3.63) is 64.0 Å². The van der Waals surface area contributed by atoms with Crippen LogP contribution in [0, 0.1) is 17.0 Å². The molecule has 0 atom stereocenters. The smallest absolute Gasteiger partial charge is 0.265 e. The van der Waals surface area contributed by atoms with E-state index in [-0.39, 0.29) is 28.7 Å². The van der Waals surface area contributed by atoms with Gasteiger partial charge in [0.05, 0.1) is 9.82 Å². The van der Waals surface area contributed by atoms with Crippen LogP contribution >= 0.6 is 0 Å². The summed E-state index contributed by atoms with van der Waals surface area (Å²) in [6.07, 6.45) is 4.84. The van der Waals surface area contributed by atoms with E-state index in [1.165, 1.54) is 29.4 Å². The van der Waals surface area contributed by atoms with Crippen LogP contribution in [-0.2, 0) is 16.6 Å². The number of hydrogen-bond donors (Lipinski definition) is 0. The van der Waals surface area contributed by atoms with Crippen molar-refractivity contribution in [2.24, 2.45) is 0 Å². The number of hydrogen-bond acceptors (Lipinski definition) is 5. The number of rotatable bonds is 6. The van der Waals surface area contributed by atoms with E-state index in [0.29, 0.717) is 0 Å². The molecule has 1 heterocycles. The Morgan fingerprint density at radius 2 is 1.92 bits per heavy atom. The molecule has 0 bridgehead atoms. The van der Waals surface area contributed by atoms with Crippen molar-refractivity contribution in [1.82, 2.24) is 9.29 Å². The first-order valence-electron chi connectivity index (χ1n) is 7.56. The van der Waals surface area contributed by atoms with Gasteiger partial charge < -0.3 is 0 Å². The minimum absolute atomic E-state index is 0.00217. The van der Waals surface area contributed by atoms with E-state index in [9.17, 15) is 18.5 Å². The molecule has 1 aromatic heterocycles. The summed E-state index contributed by atoms with van der Waals surface area (Å²) in [5.74, 6) is 0. The molecular formula is C16H17N3O4S. The van der Waals surface area contributed by atoms with E-state index in [1.54, 1.807) is 24.5 Å². The Bertz CT molecular complexity index is 864. The Morgan fingerprint density at radius 3 is 2.50 bits per heavy atom. The molecule has 0 aliphatic heterocycles. The average molecular weight is 347 g/mol. The minimum Gasteiger partial charge on any atom is -0.265 e. The minimum atomic E-state index is -3.81. The summed E-state index contributed by atoms with van der Waals surface area (Å²) >= 11 is 0. The van der Waals surface area contributed by atoms with Crippen molar-refractivity contribution < 1.29 is 13.3 Å². The topological polar surface area (TPSA) is 93.4 Å². The van der Waals surface area contributed by atoms with Gasteiger partial charge in [-0.2, -0.15) is 4.31 Å². The summed E-state index contributed by atoms with van der Waals surface area (Å²) in [6.45, 7) is 1.71. The van der Waals surface area contributed by atoms with Gasteiger partial charge in [0.15, 0.2) is 0 Å². The maximum absolute atomic E-state index is 13.1. The molecule has 0 N–H and O–H groups in total. The average Bonchev–Trinajstić information content (AvgIpc) is 3.38. The van der Waals surface area contributed by atoms with Gasteiger partial charge in [0.1, 0.15) is 0 Å². The molecule has 8 heteroatoms. The van der Waals surface area contributed by atoms with Crippen LogP contribution in [0.15, 0.2) is 47.6 Å². The van der Waals surface area contributed by atoms with Gasteiger partial charge in [-0.3, -0.25) is 15.1 Å². The highest BCUT2D eigenvalue weighted by atomic mass is 32.2. The monoisotopic (exact) mass is 347 g/mol. The normalized spacial score (nSPS) is 14.8. The maximum atomic E-state index is 13.1. The number of sulfonamides is 1. The highest BCUT2D eigenvalue weighted by Gasteiger charge is 2.39. The highest BCUT2D eigenvalue weighted by Crippen LogP contribution is 2.35. The summed E-state index contributed by atoms with van der Waals surface area (Å²) in [7, 11) is -3.81. The molecule has 1 aliphatic rings. The lowest BCUT2D eigenvalue weighted by molar-refractivity contribution is -0.385. The Labute approximate surface area is 140 Å². The molecule has 0 spiro atoms. The van der Waals surface area contributed by atoms with Crippen LogP contribution < -0.4 is 0 Å². The molecule has 0 unspecified atom stereocenters. The quantitative estimate of drug-likeness (QED) is 0.591. The summed E-state index contributed by atoms with van der Waals surface area (Å²) in [6, 6.07) is 7.64. The van der Waals surface area contributed by atoms with E-state index in [4.69, 9.17) is 0 Å². The third kappa shape index (κ3) is 3.15. The van der Waals surface area contributed by atoms with E-state index >= 15 is 0 Å². The zero-order valence-electron chi connectivity index (χ0n) is 13.1. The van der Waals surface area contributed by atoms with E-state index < -0.39 is 14.9 Å². The first kappa shape index (κ1) is 16.5. The fraction of sp³-hybridized carbons (Fsp3) is 0.312. The molecular weight excluding hydrogens is 330 g/mol. The zero-order valence-corrected chi connectivity index (χ0v) is 13.9. The van der Waals surface area contributed by atoms with Gasteiger partial charge >= 0.3 is 0 Å². The Kier molecular flexibility index (Phi) is 4.33. The van der Waals surface area contributed by atoms with Crippen LogP contribution in [0.4, 0.5) is 5.69 Å². The Hall–Kier alpha value is -2.32. The van der Waals surface area contributed by atoms with Gasteiger partial charge in [-0.05, 0) is 43.5 Å². The van der Waals surface area contributed by atoms with Gasteiger partial charge in [-0.15, -0.1) is 0 Å². The molecule has 1 fully saturated rings. The van der Waals surface area contributed by atoms with Crippen molar-refractivity contribution in [1.29, 1.82) is 0 Å². The molecule has 24 heavy (non-hydrogen) atoms. The van der Waals surface area contributed by atoms with Crippen molar-refractivity contribution >= 4 is 15.7 Å². The van der Waals surface area contributed by atoms with Gasteiger partial charge in [-0.1, -0.05) is 6.07 Å². The van der Waals surface area contributed by atoms with Gasteiger partial charge in [-0.25, -0.2) is 8.42 Å². The van der Waals surface area contributed by atoms with Gasteiger partial charge in [0, 0.05) is 36.6 Å². The number of nitro groups is 1. The molecule has 3 rings (SSSR count). The zero-order chi connectivity index (χ0) is 17.3. The molecule has 1 aliphatic carbocycles. The summed E-state index contributed by atoms with van der Waals surface area (Å²) in [5.41, 5.74) is 0.821. The number of aromatic nitrogens is 1. The van der Waals surface area contributed by atoms with Crippen molar-refractivity contribution in [2.75, 3.05) is 0 Å². The van der Waals surface area contributed by atoms with Crippen molar-refractivity contribution in [2.45, 2.75) is 37.2 Å². The molecule has 1 saturated carbocycles. The number of nitrogens with zero attached hydrogens (tertiary/aromatic N) is 3. The number of nitro benzene ring substituents is 1. The van der Waals surface area contributed by atoms with Crippen molar-refractivity contribution in [3.8, 4) is 0 Å². The molecule has 126 valence electrons.